The van der Waals surface area contributed by atoms with Crippen LogP contribution in [0.25, 0.3) is 0 Å². The predicted molar refractivity (Wildman–Crippen MR) is 62.8 cm³/mol. The first-order valence-electron chi connectivity index (χ1n) is 3.83. The number of thiophene rings is 1. The molecule has 13 heavy (non-hydrogen) atoms. The van der Waals surface area contributed by atoms with Gasteiger partial charge in [0.05, 0.1) is 0 Å². The van der Waals surface area contributed by atoms with Crippen LogP contribution in [0.1, 0.15) is 16.1 Å². The maximum atomic E-state index is 11.5. The number of rotatable bonds is 4. The van der Waals surface area contributed by atoms with Crippen molar-refractivity contribution >= 4 is 49.1 Å². The van der Waals surface area contributed by atoms with Crippen molar-refractivity contribution in [3.8, 4) is 0 Å². The van der Waals surface area contributed by atoms with Gasteiger partial charge in [0.2, 0.25) is 0 Å². The van der Waals surface area contributed by atoms with Gasteiger partial charge >= 0.3 is 0 Å². The fraction of sp³-hybridized carbons (Fsp3) is 0.375. The summed E-state index contributed by atoms with van der Waals surface area (Å²) in [5.74, 6) is 0.00262. The van der Waals surface area contributed by atoms with E-state index in [9.17, 15) is 4.79 Å². The number of halogens is 2. The van der Waals surface area contributed by atoms with Gasteiger partial charge in [0.15, 0.2) is 0 Å². The average Bonchev–Trinajstić information content (AvgIpc) is 2.52. The van der Waals surface area contributed by atoms with E-state index in [1.54, 1.807) is 0 Å². The molecule has 0 aliphatic carbocycles. The minimum absolute atomic E-state index is 0.00262. The average molecular weight is 327 g/mol. The summed E-state index contributed by atoms with van der Waals surface area (Å²) >= 11 is 8.07. The SMILES string of the molecule is O=C(NCCCBr)c1sccc1Br. The summed E-state index contributed by atoms with van der Waals surface area (Å²) in [7, 11) is 0. The van der Waals surface area contributed by atoms with Crippen LogP contribution in [0, 0.1) is 0 Å². The number of hydrogen-bond acceptors (Lipinski definition) is 2. The third-order valence-electron chi connectivity index (χ3n) is 1.42. The van der Waals surface area contributed by atoms with Crippen molar-refractivity contribution in [1.82, 2.24) is 5.32 Å². The molecular weight excluding hydrogens is 318 g/mol. The monoisotopic (exact) mass is 325 g/mol. The lowest BCUT2D eigenvalue weighted by Gasteiger charge is -2.01. The van der Waals surface area contributed by atoms with Crippen LogP contribution in [0.2, 0.25) is 0 Å². The molecule has 0 bridgehead atoms. The van der Waals surface area contributed by atoms with Gasteiger partial charge in [0.25, 0.3) is 5.91 Å². The van der Waals surface area contributed by atoms with Crippen LogP contribution in [-0.2, 0) is 0 Å². The highest BCUT2D eigenvalue weighted by Crippen LogP contribution is 2.22. The second-order valence-electron chi connectivity index (χ2n) is 2.40. The maximum absolute atomic E-state index is 11.5. The predicted octanol–water partition coefficient (Wildman–Crippen LogP) is 3.03. The normalized spacial score (nSPS) is 10.0. The molecule has 0 aliphatic rings. The Morgan fingerprint density at radius 3 is 2.92 bits per heavy atom. The van der Waals surface area contributed by atoms with Crippen LogP contribution in [0.5, 0.6) is 0 Å². The van der Waals surface area contributed by atoms with Crippen molar-refractivity contribution in [3.05, 3.63) is 20.8 Å². The number of carbonyl (C=O) groups excluding carboxylic acids is 1. The standard InChI is InChI=1S/C8H9Br2NOS/c9-3-1-4-11-8(12)7-6(10)2-5-13-7/h2,5H,1,3-4H2,(H,11,12). The van der Waals surface area contributed by atoms with E-state index in [-0.39, 0.29) is 5.91 Å². The molecule has 0 aliphatic heterocycles. The number of carbonyl (C=O) groups is 1. The molecule has 0 fully saturated rings. The Kier molecular flexibility index (Phi) is 4.98. The van der Waals surface area contributed by atoms with Gasteiger partial charge < -0.3 is 5.32 Å². The molecule has 2 nitrogen and oxygen atoms in total. The third-order valence-corrected chi connectivity index (χ3v) is 3.82. The first-order chi connectivity index (χ1) is 6.25. The van der Waals surface area contributed by atoms with Crippen molar-refractivity contribution in [2.24, 2.45) is 0 Å². The van der Waals surface area contributed by atoms with Crippen molar-refractivity contribution in [2.45, 2.75) is 6.42 Å². The quantitative estimate of drug-likeness (QED) is 0.668. The van der Waals surface area contributed by atoms with Gasteiger partial charge in [-0.2, -0.15) is 0 Å². The molecular formula is C8H9Br2NOS. The molecule has 1 aromatic heterocycles. The summed E-state index contributed by atoms with van der Waals surface area (Å²) in [6.07, 6.45) is 0.953. The molecule has 1 amide bonds. The fourth-order valence-corrected chi connectivity index (χ4v) is 2.55. The molecule has 0 atom stereocenters. The maximum Gasteiger partial charge on any atom is 0.262 e. The molecule has 72 valence electrons. The number of hydrogen-bond donors (Lipinski definition) is 1. The second-order valence-corrected chi connectivity index (χ2v) is 4.96. The van der Waals surface area contributed by atoms with Crippen molar-refractivity contribution in [1.29, 1.82) is 0 Å². The van der Waals surface area contributed by atoms with Crippen LogP contribution in [0.15, 0.2) is 15.9 Å². The summed E-state index contributed by atoms with van der Waals surface area (Å²) in [6.45, 7) is 0.717. The molecule has 1 aromatic rings. The zero-order chi connectivity index (χ0) is 9.68. The smallest absolute Gasteiger partial charge is 0.262 e. The van der Waals surface area contributed by atoms with Gasteiger partial charge in [0.1, 0.15) is 4.88 Å². The van der Waals surface area contributed by atoms with Gasteiger partial charge in [-0.1, -0.05) is 15.9 Å². The van der Waals surface area contributed by atoms with Gasteiger partial charge in [-0.25, -0.2) is 0 Å². The Bertz CT molecular complexity index is 287. The fourth-order valence-electron chi connectivity index (χ4n) is 0.805. The van der Waals surface area contributed by atoms with Crippen LogP contribution in [0.4, 0.5) is 0 Å². The van der Waals surface area contributed by atoms with E-state index in [1.165, 1.54) is 11.3 Å². The molecule has 5 heteroatoms. The van der Waals surface area contributed by atoms with Gasteiger partial charge in [-0.3, -0.25) is 4.79 Å². The molecule has 0 unspecified atom stereocenters. The van der Waals surface area contributed by atoms with Crippen LogP contribution in [-0.4, -0.2) is 17.8 Å². The largest absolute Gasteiger partial charge is 0.351 e. The van der Waals surface area contributed by atoms with Crippen LogP contribution in [0.3, 0.4) is 0 Å². The summed E-state index contributed by atoms with van der Waals surface area (Å²) in [4.78, 5) is 12.2. The van der Waals surface area contributed by atoms with Crippen LogP contribution >= 0.6 is 43.2 Å². The van der Waals surface area contributed by atoms with Crippen molar-refractivity contribution in [3.63, 3.8) is 0 Å². The van der Waals surface area contributed by atoms with Gasteiger partial charge in [-0.05, 0) is 33.8 Å². The Labute approximate surface area is 98.0 Å². The molecule has 1 rings (SSSR count). The highest BCUT2D eigenvalue weighted by Gasteiger charge is 2.09. The lowest BCUT2D eigenvalue weighted by molar-refractivity contribution is 0.0957. The second kappa shape index (κ2) is 5.78. The molecule has 0 saturated carbocycles. The summed E-state index contributed by atoms with van der Waals surface area (Å²) in [5, 5.41) is 5.65. The van der Waals surface area contributed by atoms with E-state index in [4.69, 9.17) is 0 Å². The first-order valence-corrected chi connectivity index (χ1v) is 6.62. The van der Waals surface area contributed by atoms with E-state index >= 15 is 0 Å². The van der Waals surface area contributed by atoms with E-state index in [0.717, 1.165) is 21.1 Å². The Morgan fingerprint density at radius 1 is 1.62 bits per heavy atom. The van der Waals surface area contributed by atoms with E-state index in [0.29, 0.717) is 6.54 Å². The topological polar surface area (TPSA) is 29.1 Å². The minimum atomic E-state index is 0.00262. The zero-order valence-corrected chi connectivity index (χ0v) is 10.8. The summed E-state index contributed by atoms with van der Waals surface area (Å²) in [5.41, 5.74) is 0. The Hall–Kier alpha value is 0.130. The third kappa shape index (κ3) is 3.40. The molecule has 0 saturated heterocycles. The van der Waals surface area contributed by atoms with E-state index in [2.05, 4.69) is 37.2 Å². The minimum Gasteiger partial charge on any atom is -0.351 e. The Balaban J connectivity index is 2.45. The zero-order valence-electron chi connectivity index (χ0n) is 6.85. The molecule has 0 aromatic carbocycles. The molecule has 1 N–H and O–H groups in total. The highest BCUT2D eigenvalue weighted by atomic mass is 79.9. The lowest BCUT2D eigenvalue weighted by Crippen LogP contribution is -2.23. The van der Waals surface area contributed by atoms with Gasteiger partial charge in [0, 0.05) is 16.3 Å². The Morgan fingerprint density at radius 2 is 2.38 bits per heavy atom. The number of amides is 1. The van der Waals surface area contributed by atoms with Crippen molar-refractivity contribution < 1.29 is 4.79 Å². The molecule has 1 heterocycles. The van der Waals surface area contributed by atoms with Crippen molar-refractivity contribution in [2.75, 3.05) is 11.9 Å². The van der Waals surface area contributed by atoms with E-state index < -0.39 is 0 Å². The number of alkyl halides is 1. The first kappa shape index (κ1) is 11.2. The number of nitrogens with one attached hydrogen (secondary N) is 1. The van der Waals surface area contributed by atoms with E-state index in [1.807, 2.05) is 11.4 Å². The molecule has 0 spiro atoms. The van der Waals surface area contributed by atoms with Crippen LogP contribution < -0.4 is 5.32 Å². The lowest BCUT2D eigenvalue weighted by atomic mass is 10.4. The summed E-state index contributed by atoms with van der Waals surface area (Å²) in [6, 6.07) is 1.88. The highest BCUT2D eigenvalue weighted by molar-refractivity contribution is 9.10. The van der Waals surface area contributed by atoms with Gasteiger partial charge in [-0.15, -0.1) is 11.3 Å². The summed E-state index contributed by atoms with van der Waals surface area (Å²) < 4.78 is 0.869. The molecule has 0 radical (unpaired) electrons.